The molecule has 2 N–H and O–H groups in total. The first kappa shape index (κ1) is 17.9. The summed E-state index contributed by atoms with van der Waals surface area (Å²) in [7, 11) is -2.67. The van der Waals surface area contributed by atoms with Crippen molar-refractivity contribution in [2.24, 2.45) is 0 Å². The predicted molar refractivity (Wildman–Crippen MR) is 111 cm³/mol. The molecule has 2 fully saturated rings. The number of halogens is 3. The molecule has 0 radical (unpaired) electrons. The zero-order valence-corrected chi connectivity index (χ0v) is 17.1. The lowest BCUT2D eigenvalue weighted by Crippen LogP contribution is -2.68. The van der Waals surface area contributed by atoms with Crippen molar-refractivity contribution in [3.05, 3.63) is 53.6 Å². The van der Waals surface area contributed by atoms with Crippen molar-refractivity contribution >= 4 is 28.8 Å². The third-order valence-corrected chi connectivity index (χ3v) is 6.13. The number of hydrogen-bond acceptors (Lipinski definition) is 5. The van der Waals surface area contributed by atoms with Crippen LogP contribution >= 0.6 is 12.2 Å². The summed E-state index contributed by atoms with van der Waals surface area (Å²) in [6.07, 6.45) is 0.459. The fourth-order valence-electron chi connectivity index (χ4n) is 3.99. The fraction of sp³-hybridized carbons (Fsp3) is 0.381. The highest BCUT2D eigenvalue weighted by atomic mass is 32.1. The van der Waals surface area contributed by atoms with E-state index in [1.807, 2.05) is 0 Å². The average molecular weight is 454 g/mol. The summed E-state index contributed by atoms with van der Waals surface area (Å²) < 4.78 is 76.9. The van der Waals surface area contributed by atoms with Crippen LogP contribution in [-0.4, -0.2) is 47.5 Å². The lowest BCUT2D eigenvalue weighted by atomic mass is 9.70. The van der Waals surface area contributed by atoms with Gasteiger partial charge in [-0.15, -0.1) is 0 Å². The standard InChI is InChI=1S/C21H20F3N3O3S/c1-19(23)9-20(24)10-30-11-21(20,27-18(19)31)14-7-12(3-5-15(14)22)26-17(28)16-6-4-13(29-2)8-25-16/h3-8H,9-11H2,1-2H3,(H,26,28)(H,27,31)/t19-,20-,21+/m0/s1/i2D3. The highest BCUT2D eigenvalue weighted by Crippen LogP contribution is 2.51. The number of fused-ring (bicyclic) bond motifs is 1. The minimum absolute atomic E-state index is 0.0561. The van der Waals surface area contributed by atoms with E-state index in [0.717, 1.165) is 19.2 Å². The van der Waals surface area contributed by atoms with E-state index in [1.54, 1.807) is 0 Å². The van der Waals surface area contributed by atoms with Gasteiger partial charge in [-0.3, -0.25) is 4.79 Å². The summed E-state index contributed by atoms with van der Waals surface area (Å²) in [6, 6.07) is 6.07. The summed E-state index contributed by atoms with van der Waals surface area (Å²) in [5.41, 5.74) is -6.32. The summed E-state index contributed by atoms with van der Waals surface area (Å²) in [5.74, 6) is -1.53. The van der Waals surface area contributed by atoms with Crippen LogP contribution in [0.2, 0.25) is 0 Å². The largest absolute Gasteiger partial charge is 0.495 e. The van der Waals surface area contributed by atoms with E-state index in [0.29, 0.717) is 0 Å². The van der Waals surface area contributed by atoms with Crippen molar-refractivity contribution < 1.29 is 31.6 Å². The first-order chi connectivity index (χ1) is 15.7. The van der Waals surface area contributed by atoms with Crippen molar-refractivity contribution in [2.75, 3.05) is 25.6 Å². The number of nitrogens with one attached hydrogen (secondary N) is 2. The van der Waals surface area contributed by atoms with Crippen molar-refractivity contribution in [2.45, 2.75) is 30.2 Å². The van der Waals surface area contributed by atoms with Gasteiger partial charge in [-0.2, -0.15) is 0 Å². The second-order valence-electron chi connectivity index (χ2n) is 7.82. The van der Waals surface area contributed by atoms with Crippen LogP contribution in [0.5, 0.6) is 5.75 Å². The van der Waals surface area contributed by atoms with Gasteiger partial charge in [0.15, 0.2) is 11.3 Å². The zero-order chi connectivity index (χ0) is 24.9. The normalized spacial score (nSPS) is 31.6. The molecule has 2 aliphatic heterocycles. The Balaban J connectivity index is 1.61. The number of aromatic nitrogens is 1. The molecule has 4 rings (SSSR count). The van der Waals surface area contributed by atoms with Crippen molar-refractivity contribution in [3.8, 4) is 5.75 Å². The van der Waals surface area contributed by atoms with Gasteiger partial charge >= 0.3 is 0 Å². The topological polar surface area (TPSA) is 72.5 Å². The summed E-state index contributed by atoms with van der Waals surface area (Å²) in [4.78, 5) is 16.2. The van der Waals surface area contributed by atoms with E-state index in [1.165, 1.54) is 24.3 Å². The number of hydrogen-bond donors (Lipinski definition) is 2. The van der Waals surface area contributed by atoms with E-state index in [2.05, 4.69) is 15.6 Å². The third-order valence-electron chi connectivity index (χ3n) is 5.60. The zero-order valence-electron chi connectivity index (χ0n) is 19.3. The van der Waals surface area contributed by atoms with Crippen LogP contribution in [0.3, 0.4) is 0 Å². The van der Waals surface area contributed by atoms with Gasteiger partial charge in [0.1, 0.15) is 27.8 Å². The number of alkyl halides is 2. The maximum absolute atomic E-state index is 16.0. The SMILES string of the molecule is [2H]C([2H])([2H])Oc1ccc(C(=O)Nc2ccc(F)c([C@]34COC[C@@]3(F)C[C@](C)(F)C(=S)N4)c2)nc1. The first-order valence-electron chi connectivity index (χ1n) is 10.8. The summed E-state index contributed by atoms with van der Waals surface area (Å²) in [6.45, 7) is 0.410. The molecule has 1 amide bonds. The highest BCUT2D eigenvalue weighted by Gasteiger charge is 2.66. The Bertz CT molecular complexity index is 1150. The maximum Gasteiger partial charge on any atom is 0.274 e. The minimum atomic E-state index is -2.67. The van der Waals surface area contributed by atoms with Gasteiger partial charge in [0.25, 0.3) is 5.91 Å². The molecule has 0 unspecified atom stereocenters. The van der Waals surface area contributed by atoms with Crippen LogP contribution in [0, 0.1) is 5.82 Å². The molecule has 1 aromatic heterocycles. The number of piperidine rings is 1. The molecule has 10 heteroatoms. The molecular weight excluding hydrogens is 431 g/mol. The van der Waals surface area contributed by atoms with Crippen molar-refractivity contribution in [1.29, 1.82) is 0 Å². The van der Waals surface area contributed by atoms with Gasteiger partial charge in [-0.25, -0.2) is 18.2 Å². The van der Waals surface area contributed by atoms with Gasteiger partial charge in [-0.05, 0) is 37.3 Å². The molecule has 3 heterocycles. The molecule has 0 bridgehead atoms. The Morgan fingerprint density at radius 3 is 2.87 bits per heavy atom. The van der Waals surface area contributed by atoms with E-state index >= 15 is 4.39 Å². The number of anilines is 1. The van der Waals surface area contributed by atoms with Gasteiger partial charge in [-0.1, -0.05) is 12.2 Å². The number of ether oxygens (including phenoxy) is 2. The number of rotatable bonds is 4. The number of thiocarbonyl (C=S) groups is 1. The quantitative estimate of drug-likeness (QED) is 0.690. The number of pyridine rings is 1. The van der Waals surface area contributed by atoms with Crippen molar-refractivity contribution in [1.82, 2.24) is 10.3 Å². The first-order valence-corrected chi connectivity index (χ1v) is 9.70. The Kier molecular flexibility index (Phi) is 4.31. The lowest BCUT2D eigenvalue weighted by Gasteiger charge is -2.48. The Labute approximate surface area is 186 Å². The van der Waals surface area contributed by atoms with E-state index in [-0.39, 0.29) is 34.3 Å². The maximum atomic E-state index is 16.0. The lowest BCUT2D eigenvalue weighted by molar-refractivity contribution is 0.00849. The number of amides is 1. The second-order valence-corrected chi connectivity index (χ2v) is 8.23. The molecule has 1 aromatic carbocycles. The monoisotopic (exact) mass is 454 g/mol. The molecule has 0 saturated carbocycles. The van der Waals surface area contributed by atoms with E-state index in [4.69, 9.17) is 25.8 Å². The molecular formula is C21H20F3N3O3S. The number of methoxy groups -OCH3 is 1. The fourth-order valence-corrected chi connectivity index (χ4v) is 4.23. The van der Waals surface area contributed by atoms with Gasteiger partial charge in [0.2, 0.25) is 0 Å². The van der Waals surface area contributed by atoms with Gasteiger partial charge in [0, 0.05) is 17.7 Å². The number of carbonyl (C=O) groups excluding carboxylic acids is 1. The van der Waals surface area contributed by atoms with Crippen LogP contribution in [-0.2, 0) is 10.3 Å². The van der Waals surface area contributed by atoms with Crippen LogP contribution in [0.1, 0.15) is 33.5 Å². The Morgan fingerprint density at radius 1 is 1.35 bits per heavy atom. The smallest absolute Gasteiger partial charge is 0.274 e. The molecule has 6 nitrogen and oxygen atoms in total. The summed E-state index contributed by atoms with van der Waals surface area (Å²) in [5, 5.41) is 5.18. The van der Waals surface area contributed by atoms with Crippen molar-refractivity contribution in [3.63, 3.8) is 0 Å². The van der Waals surface area contributed by atoms with Crippen LogP contribution in [0.4, 0.5) is 18.9 Å². The summed E-state index contributed by atoms with van der Waals surface area (Å²) >= 11 is 5.09. The van der Waals surface area contributed by atoms with E-state index in [9.17, 15) is 13.6 Å². The number of carbonyl (C=O) groups is 1. The number of nitrogens with zero attached hydrogens (tertiary/aromatic N) is 1. The predicted octanol–water partition coefficient (Wildman–Crippen LogP) is 3.46. The second kappa shape index (κ2) is 7.45. The Morgan fingerprint density at radius 2 is 2.16 bits per heavy atom. The number of benzene rings is 1. The van der Waals surface area contributed by atoms with E-state index < -0.39 is 48.7 Å². The van der Waals surface area contributed by atoms with Crippen LogP contribution in [0.25, 0.3) is 0 Å². The molecule has 2 saturated heterocycles. The molecule has 31 heavy (non-hydrogen) atoms. The van der Waals surface area contributed by atoms with Gasteiger partial charge in [0.05, 0.1) is 30.6 Å². The third kappa shape index (κ3) is 3.53. The molecule has 0 spiro atoms. The molecule has 0 aliphatic carbocycles. The molecule has 2 aromatic rings. The molecule has 3 atom stereocenters. The highest BCUT2D eigenvalue weighted by molar-refractivity contribution is 7.80. The Hall–Kier alpha value is -2.72. The average Bonchev–Trinajstić information content (AvgIpc) is 3.04. The van der Waals surface area contributed by atoms with Crippen LogP contribution in [0.15, 0.2) is 36.5 Å². The molecule has 2 aliphatic rings. The van der Waals surface area contributed by atoms with Gasteiger partial charge < -0.3 is 20.1 Å². The minimum Gasteiger partial charge on any atom is -0.495 e. The molecule has 164 valence electrons. The van der Waals surface area contributed by atoms with Crippen LogP contribution < -0.4 is 15.4 Å².